The maximum absolute atomic E-state index is 10.8. The fourth-order valence-electron chi connectivity index (χ4n) is 1.64. The normalized spacial score (nSPS) is 11.8. The Morgan fingerprint density at radius 2 is 2.06 bits per heavy atom. The summed E-state index contributed by atoms with van der Waals surface area (Å²) in [6, 6.07) is 0. The van der Waals surface area contributed by atoms with Crippen molar-refractivity contribution in [3.05, 3.63) is 22.0 Å². The summed E-state index contributed by atoms with van der Waals surface area (Å²) < 4.78 is 1.24. The van der Waals surface area contributed by atoms with Crippen LogP contribution in [0.4, 0.5) is 5.95 Å². The first-order valence-electron chi connectivity index (χ1n) is 5.55. The fraction of sp³-hybridized carbons (Fsp3) is 0.700. The molecule has 102 valence electrons. The first-order valence-corrected chi connectivity index (χ1v) is 5.55. The molecule has 1 aromatic heterocycles. The van der Waals surface area contributed by atoms with Crippen LogP contribution >= 0.6 is 0 Å². The SMILES string of the molecule is CCC(CO)(CO)Cn1cc(CO)nc1[N+](=O)[O-]. The van der Waals surface area contributed by atoms with Gasteiger partial charge in [0.25, 0.3) is 0 Å². The molecule has 0 saturated heterocycles. The van der Waals surface area contributed by atoms with Crippen molar-refractivity contribution in [2.24, 2.45) is 5.41 Å². The van der Waals surface area contributed by atoms with Crippen molar-refractivity contribution in [1.29, 1.82) is 0 Å². The van der Waals surface area contributed by atoms with Crippen molar-refractivity contribution in [3.63, 3.8) is 0 Å². The van der Waals surface area contributed by atoms with Gasteiger partial charge in [0.2, 0.25) is 0 Å². The molecule has 1 heterocycles. The average Bonchev–Trinajstić information content (AvgIpc) is 2.79. The first kappa shape index (κ1) is 14.6. The summed E-state index contributed by atoms with van der Waals surface area (Å²) in [5, 5.41) is 38.4. The highest BCUT2D eigenvalue weighted by atomic mass is 16.6. The number of rotatable bonds is 7. The molecule has 1 rings (SSSR count). The van der Waals surface area contributed by atoms with Gasteiger partial charge in [-0.05, 0) is 11.3 Å². The molecule has 0 bridgehead atoms. The molecule has 0 radical (unpaired) electrons. The zero-order chi connectivity index (χ0) is 13.8. The van der Waals surface area contributed by atoms with Crippen LogP contribution in [0.15, 0.2) is 6.20 Å². The number of aliphatic hydroxyl groups is 3. The van der Waals surface area contributed by atoms with Crippen LogP contribution in [-0.2, 0) is 13.2 Å². The van der Waals surface area contributed by atoms with Gasteiger partial charge in [0.1, 0.15) is 12.8 Å². The summed E-state index contributed by atoms with van der Waals surface area (Å²) in [5.74, 6) is -0.404. The van der Waals surface area contributed by atoms with E-state index in [4.69, 9.17) is 5.11 Å². The van der Waals surface area contributed by atoms with E-state index in [1.165, 1.54) is 10.8 Å². The van der Waals surface area contributed by atoms with E-state index in [1.54, 1.807) is 6.92 Å². The second-order valence-electron chi connectivity index (χ2n) is 4.25. The van der Waals surface area contributed by atoms with Crippen molar-refractivity contribution in [1.82, 2.24) is 9.55 Å². The number of nitro groups is 1. The fourth-order valence-corrected chi connectivity index (χ4v) is 1.64. The Bertz CT molecular complexity index is 405. The highest BCUT2D eigenvalue weighted by molar-refractivity contribution is 5.14. The minimum atomic E-state index is -0.835. The maximum Gasteiger partial charge on any atom is 0.434 e. The number of hydrogen-bond acceptors (Lipinski definition) is 6. The Hall–Kier alpha value is -1.51. The standard InChI is InChI=1S/C10H17N3O5/c1-2-10(6-15,7-16)5-12-3-8(4-14)11-9(12)13(17)18/h3,14-16H,2,4-7H2,1H3. The summed E-state index contributed by atoms with van der Waals surface area (Å²) in [6.07, 6.45) is 1.82. The van der Waals surface area contributed by atoms with Crippen LogP contribution in [0, 0.1) is 15.5 Å². The summed E-state index contributed by atoms with van der Waals surface area (Å²) in [4.78, 5) is 13.8. The van der Waals surface area contributed by atoms with Gasteiger partial charge in [-0.3, -0.25) is 0 Å². The Kier molecular flexibility index (Phi) is 4.76. The van der Waals surface area contributed by atoms with E-state index in [0.717, 1.165) is 0 Å². The molecule has 1 aromatic rings. The molecule has 3 N–H and O–H groups in total. The van der Waals surface area contributed by atoms with E-state index >= 15 is 0 Å². The van der Waals surface area contributed by atoms with Gasteiger partial charge in [-0.2, -0.15) is 0 Å². The van der Waals surface area contributed by atoms with Gasteiger partial charge in [-0.1, -0.05) is 11.9 Å². The Balaban J connectivity index is 3.08. The molecule has 0 aliphatic carbocycles. The molecule has 0 unspecified atom stereocenters. The third kappa shape index (κ3) is 2.84. The van der Waals surface area contributed by atoms with E-state index in [2.05, 4.69) is 4.98 Å². The molecule has 8 nitrogen and oxygen atoms in total. The molecule has 0 aromatic carbocycles. The quantitative estimate of drug-likeness (QED) is 0.455. The van der Waals surface area contributed by atoms with Gasteiger partial charge in [0.05, 0.1) is 19.8 Å². The molecule has 18 heavy (non-hydrogen) atoms. The number of nitrogens with zero attached hydrogens (tertiary/aromatic N) is 3. The monoisotopic (exact) mass is 259 g/mol. The average molecular weight is 259 g/mol. The van der Waals surface area contributed by atoms with Crippen molar-refractivity contribution in [3.8, 4) is 0 Å². The molecule has 8 heteroatoms. The molecule has 0 fully saturated rings. The third-order valence-electron chi connectivity index (χ3n) is 3.06. The van der Waals surface area contributed by atoms with Crippen molar-refractivity contribution < 1.29 is 20.2 Å². The molecule has 0 saturated carbocycles. The second-order valence-corrected chi connectivity index (χ2v) is 4.25. The minimum Gasteiger partial charge on any atom is -0.396 e. The second kappa shape index (κ2) is 5.89. The van der Waals surface area contributed by atoms with Gasteiger partial charge in [-0.25, -0.2) is 4.57 Å². The van der Waals surface area contributed by atoms with Crippen LogP contribution in [0.25, 0.3) is 0 Å². The number of aliphatic hydroxyl groups excluding tert-OH is 3. The van der Waals surface area contributed by atoms with Crippen LogP contribution in [0.1, 0.15) is 19.0 Å². The van der Waals surface area contributed by atoms with Crippen molar-refractivity contribution in [2.75, 3.05) is 13.2 Å². The van der Waals surface area contributed by atoms with E-state index in [0.29, 0.717) is 6.42 Å². The van der Waals surface area contributed by atoms with Gasteiger partial charge < -0.3 is 25.4 Å². The molecule has 0 atom stereocenters. The molecule has 0 aliphatic heterocycles. The number of hydrogen-bond donors (Lipinski definition) is 3. The van der Waals surface area contributed by atoms with Gasteiger partial charge in [-0.15, -0.1) is 0 Å². The van der Waals surface area contributed by atoms with Crippen LogP contribution in [0.5, 0.6) is 0 Å². The lowest BCUT2D eigenvalue weighted by atomic mass is 9.87. The Labute approximate surface area is 104 Å². The summed E-state index contributed by atoms with van der Waals surface area (Å²) in [6.45, 7) is 0.876. The lowest BCUT2D eigenvalue weighted by Crippen LogP contribution is -2.34. The molecule has 0 aliphatic rings. The molecule has 0 amide bonds. The zero-order valence-electron chi connectivity index (χ0n) is 10.1. The molecule has 0 spiro atoms. The number of imidazole rings is 1. The van der Waals surface area contributed by atoms with E-state index in [1.807, 2.05) is 0 Å². The highest BCUT2D eigenvalue weighted by Crippen LogP contribution is 2.26. The Morgan fingerprint density at radius 3 is 2.44 bits per heavy atom. The molecular formula is C10H17N3O5. The predicted molar refractivity (Wildman–Crippen MR) is 61.7 cm³/mol. The van der Waals surface area contributed by atoms with Crippen LogP contribution in [0.3, 0.4) is 0 Å². The highest BCUT2D eigenvalue weighted by Gasteiger charge is 2.32. The lowest BCUT2D eigenvalue weighted by molar-refractivity contribution is -0.397. The maximum atomic E-state index is 10.8. The summed E-state index contributed by atoms with van der Waals surface area (Å²) in [5.41, 5.74) is -0.652. The smallest absolute Gasteiger partial charge is 0.396 e. The van der Waals surface area contributed by atoms with E-state index < -0.39 is 22.9 Å². The van der Waals surface area contributed by atoms with Crippen molar-refractivity contribution in [2.45, 2.75) is 26.5 Å². The molecular weight excluding hydrogens is 242 g/mol. The van der Waals surface area contributed by atoms with Crippen LogP contribution in [-0.4, -0.2) is 43.0 Å². The van der Waals surface area contributed by atoms with Crippen LogP contribution in [0.2, 0.25) is 0 Å². The summed E-state index contributed by atoms with van der Waals surface area (Å²) in [7, 11) is 0. The largest absolute Gasteiger partial charge is 0.434 e. The lowest BCUT2D eigenvalue weighted by Gasteiger charge is -2.26. The van der Waals surface area contributed by atoms with Gasteiger partial charge >= 0.3 is 5.95 Å². The first-order chi connectivity index (χ1) is 8.51. The van der Waals surface area contributed by atoms with Crippen LogP contribution < -0.4 is 0 Å². The predicted octanol–water partition coefficient (Wildman–Crippen LogP) is -0.335. The van der Waals surface area contributed by atoms with Gasteiger partial charge in [0.15, 0.2) is 5.69 Å². The third-order valence-corrected chi connectivity index (χ3v) is 3.06. The number of aromatic nitrogens is 2. The van der Waals surface area contributed by atoms with Gasteiger partial charge in [0, 0.05) is 5.41 Å². The zero-order valence-corrected chi connectivity index (χ0v) is 10.1. The van der Waals surface area contributed by atoms with E-state index in [-0.39, 0.29) is 25.5 Å². The Morgan fingerprint density at radius 1 is 1.44 bits per heavy atom. The minimum absolute atomic E-state index is 0.0693. The van der Waals surface area contributed by atoms with E-state index in [9.17, 15) is 20.3 Å². The topological polar surface area (TPSA) is 122 Å². The summed E-state index contributed by atoms with van der Waals surface area (Å²) >= 11 is 0. The van der Waals surface area contributed by atoms with Crippen molar-refractivity contribution >= 4 is 5.95 Å².